The molecule has 0 aliphatic rings. The number of ether oxygens (including phenoxy) is 1. The quantitative estimate of drug-likeness (QED) is 0.169. The van der Waals surface area contributed by atoms with Crippen LogP contribution in [0.4, 0.5) is 4.39 Å². The Labute approximate surface area is 218 Å². The summed E-state index contributed by atoms with van der Waals surface area (Å²) in [7, 11) is 0. The first-order chi connectivity index (χ1) is 17.9. The Morgan fingerprint density at radius 1 is 0.973 bits per heavy atom. The molecular weight excluding hydrogens is 487 g/mol. The van der Waals surface area contributed by atoms with Crippen LogP contribution in [-0.4, -0.2) is 27.9 Å². The van der Waals surface area contributed by atoms with Crippen LogP contribution in [0.2, 0.25) is 0 Å². The zero-order valence-corrected chi connectivity index (χ0v) is 21.3. The standard InChI is InChI=1S/C30H25FN2O3S/c1-19-16-24(20(2)33(19)14-13-21-9-11-22(31)12-10-21)28(34)18-36-30(35)25-17-27(29-8-5-15-37-29)32-26-7-4-3-6-23(25)26/h3-12,15-17H,13-14,18H2,1-2H3. The number of rotatable bonds is 8. The highest BCUT2D eigenvalue weighted by Crippen LogP contribution is 2.28. The molecule has 0 amide bonds. The van der Waals surface area contributed by atoms with Crippen LogP contribution in [0.25, 0.3) is 21.5 Å². The van der Waals surface area contributed by atoms with Gasteiger partial charge in [-0.15, -0.1) is 11.3 Å². The van der Waals surface area contributed by atoms with Crippen molar-refractivity contribution in [3.05, 3.63) is 112 Å². The fourth-order valence-electron chi connectivity index (χ4n) is 4.50. The minimum absolute atomic E-state index is 0.258. The van der Waals surface area contributed by atoms with Crippen LogP contribution in [-0.2, 0) is 17.7 Å². The van der Waals surface area contributed by atoms with Gasteiger partial charge in [0.15, 0.2) is 6.61 Å². The van der Waals surface area contributed by atoms with Gasteiger partial charge >= 0.3 is 5.97 Å². The number of halogens is 1. The van der Waals surface area contributed by atoms with E-state index in [1.54, 1.807) is 29.5 Å². The van der Waals surface area contributed by atoms with E-state index in [0.717, 1.165) is 21.8 Å². The van der Waals surface area contributed by atoms with Crippen molar-refractivity contribution in [1.82, 2.24) is 9.55 Å². The Kier molecular flexibility index (Phi) is 6.97. The van der Waals surface area contributed by atoms with Crippen LogP contribution >= 0.6 is 11.3 Å². The zero-order chi connectivity index (χ0) is 25.9. The molecule has 0 aliphatic heterocycles. The number of thiophene rings is 1. The normalized spacial score (nSPS) is 11.1. The molecule has 0 saturated carbocycles. The Morgan fingerprint density at radius 3 is 2.51 bits per heavy atom. The lowest BCUT2D eigenvalue weighted by molar-refractivity contribution is 0.0476. The largest absolute Gasteiger partial charge is 0.454 e. The van der Waals surface area contributed by atoms with Crippen molar-refractivity contribution in [3.8, 4) is 10.6 Å². The molecule has 0 bridgehead atoms. The first-order valence-corrected chi connectivity index (χ1v) is 12.8. The van der Waals surface area contributed by atoms with Crippen molar-refractivity contribution in [3.63, 3.8) is 0 Å². The molecule has 0 fully saturated rings. The maximum absolute atomic E-state index is 13.2. The topological polar surface area (TPSA) is 61.2 Å². The molecule has 37 heavy (non-hydrogen) atoms. The van der Waals surface area contributed by atoms with E-state index in [9.17, 15) is 14.0 Å². The number of esters is 1. The van der Waals surface area contributed by atoms with Crippen molar-refractivity contribution in [2.75, 3.05) is 6.61 Å². The van der Waals surface area contributed by atoms with Gasteiger partial charge in [-0.1, -0.05) is 36.4 Å². The minimum Gasteiger partial charge on any atom is -0.454 e. The SMILES string of the molecule is Cc1cc(C(=O)COC(=O)c2cc(-c3cccs3)nc3ccccc23)c(C)n1CCc1ccc(F)cc1. The average molecular weight is 513 g/mol. The van der Waals surface area contributed by atoms with Gasteiger partial charge in [-0.2, -0.15) is 0 Å². The second-order valence-electron chi connectivity index (χ2n) is 8.86. The summed E-state index contributed by atoms with van der Waals surface area (Å²) in [4.78, 5) is 31.8. The monoisotopic (exact) mass is 512 g/mol. The fourth-order valence-corrected chi connectivity index (χ4v) is 5.19. The number of nitrogens with zero attached hydrogens (tertiary/aromatic N) is 2. The van der Waals surface area contributed by atoms with Crippen molar-refractivity contribution >= 4 is 34.0 Å². The number of aromatic nitrogens is 2. The van der Waals surface area contributed by atoms with Gasteiger partial charge in [0, 0.05) is 28.9 Å². The van der Waals surface area contributed by atoms with Gasteiger partial charge < -0.3 is 9.30 Å². The summed E-state index contributed by atoms with van der Waals surface area (Å²) in [5.41, 5.74) is 5.06. The molecule has 7 heteroatoms. The number of pyridine rings is 1. The molecule has 5 nitrogen and oxygen atoms in total. The molecule has 5 aromatic rings. The molecule has 0 atom stereocenters. The zero-order valence-electron chi connectivity index (χ0n) is 20.5. The smallest absolute Gasteiger partial charge is 0.339 e. The number of ketones is 1. The molecule has 0 N–H and O–H groups in total. The van der Waals surface area contributed by atoms with Crippen LogP contribution in [0, 0.1) is 19.7 Å². The van der Waals surface area contributed by atoms with E-state index < -0.39 is 5.97 Å². The third kappa shape index (κ3) is 5.22. The average Bonchev–Trinajstić information content (AvgIpc) is 3.54. The Bertz CT molecular complexity index is 1590. The molecule has 5 rings (SSSR count). The van der Waals surface area contributed by atoms with Gasteiger partial charge in [-0.25, -0.2) is 14.2 Å². The highest BCUT2D eigenvalue weighted by atomic mass is 32.1. The van der Waals surface area contributed by atoms with E-state index in [1.807, 2.05) is 61.7 Å². The third-order valence-corrected chi connectivity index (χ3v) is 7.35. The number of para-hydroxylation sites is 1. The van der Waals surface area contributed by atoms with E-state index in [-0.39, 0.29) is 18.2 Å². The van der Waals surface area contributed by atoms with Gasteiger partial charge in [0.25, 0.3) is 0 Å². The molecule has 0 aliphatic carbocycles. The Balaban J connectivity index is 1.31. The fraction of sp³-hybridized carbons (Fsp3) is 0.167. The summed E-state index contributed by atoms with van der Waals surface area (Å²) in [6.45, 7) is 4.13. The van der Waals surface area contributed by atoms with Crippen molar-refractivity contribution < 1.29 is 18.7 Å². The molecule has 2 aromatic carbocycles. The number of hydrogen-bond donors (Lipinski definition) is 0. The van der Waals surface area contributed by atoms with Crippen LogP contribution in [0.15, 0.2) is 78.2 Å². The predicted octanol–water partition coefficient (Wildman–Crippen LogP) is 6.80. The molecule has 0 radical (unpaired) electrons. The Morgan fingerprint density at radius 2 is 1.76 bits per heavy atom. The summed E-state index contributed by atoms with van der Waals surface area (Å²) < 4.78 is 20.8. The van der Waals surface area contributed by atoms with Gasteiger partial charge in [-0.05, 0) is 67.6 Å². The van der Waals surface area contributed by atoms with Gasteiger partial charge in [0.2, 0.25) is 5.78 Å². The molecule has 0 saturated heterocycles. The van der Waals surface area contributed by atoms with Gasteiger partial charge in [-0.3, -0.25) is 4.79 Å². The number of hydrogen-bond acceptors (Lipinski definition) is 5. The summed E-state index contributed by atoms with van der Waals surface area (Å²) >= 11 is 1.54. The second-order valence-corrected chi connectivity index (χ2v) is 9.81. The van der Waals surface area contributed by atoms with E-state index in [4.69, 9.17) is 4.74 Å². The molecule has 0 unspecified atom stereocenters. The van der Waals surface area contributed by atoms with Crippen molar-refractivity contribution in [1.29, 1.82) is 0 Å². The molecule has 3 aromatic heterocycles. The van der Waals surface area contributed by atoms with Crippen LogP contribution in [0.1, 0.15) is 37.7 Å². The number of Topliss-reactive ketones (excluding diaryl/α,β-unsaturated/α-hetero) is 1. The Hall–Kier alpha value is -4.10. The van der Waals surface area contributed by atoms with E-state index in [1.165, 1.54) is 12.1 Å². The van der Waals surface area contributed by atoms with Crippen LogP contribution < -0.4 is 0 Å². The number of benzene rings is 2. The number of aryl methyl sites for hydroxylation is 2. The van der Waals surface area contributed by atoms with Crippen molar-refractivity contribution in [2.45, 2.75) is 26.8 Å². The van der Waals surface area contributed by atoms with Gasteiger partial charge in [0.1, 0.15) is 5.82 Å². The summed E-state index contributed by atoms with van der Waals surface area (Å²) in [5.74, 6) is -1.08. The molecule has 3 heterocycles. The second kappa shape index (κ2) is 10.5. The van der Waals surface area contributed by atoms with E-state index in [2.05, 4.69) is 9.55 Å². The summed E-state index contributed by atoms with van der Waals surface area (Å²) in [6.07, 6.45) is 0.709. The predicted molar refractivity (Wildman–Crippen MR) is 144 cm³/mol. The first kappa shape index (κ1) is 24.6. The third-order valence-electron chi connectivity index (χ3n) is 6.46. The maximum Gasteiger partial charge on any atom is 0.339 e. The number of carbonyl (C=O) groups excluding carboxylic acids is 2. The van der Waals surface area contributed by atoms with Gasteiger partial charge in [0.05, 0.1) is 21.7 Å². The maximum atomic E-state index is 13.2. The lowest BCUT2D eigenvalue weighted by Gasteiger charge is -2.11. The number of carbonyl (C=O) groups is 2. The molecule has 0 spiro atoms. The van der Waals surface area contributed by atoms with Crippen LogP contribution in [0.3, 0.4) is 0 Å². The number of fused-ring (bicyclic) bond motifs is 1. The highest BCUT2D eigenvalue weighted by Gasteiger charge is 2.20. The molecule has 186 valence electrons. The highest BCUT2D eigenvalue weighted by molar-refractivity contribution is 7.13. The lowest BCUT2D eigenvalue weighted by atomic mass is 10.1. The van der Waals surface area contributed by atoms with Crippen molar-refractivity contribution in [2.24, 2.45) is 0 Å². The van der Waals surface area contributed by atoms with E-state index in [0.29, 0.717) is 40.7 Å². The first-order valence-electron chi connectivity index (χ1n) is 12.0. The summed E-state index contributed by atoms with van der Waals surface area (Å²) in [5, 5.41) is 2.64. The summed E-state index contributed by atoms with van der Waals surface area (Å²) in [6, 6.07) is 21.3. The van der Waals surface area contributed by atoms with E-state index >= 15 is 0 Å². The van der Waals surface area contributed by atoms with Crippen LogP contribution in [0.5, 0.6) is 0 Å². The minimum atomic E-state index is -0.560. The lowest BCUT2D eigenvalue weighted by Crippen LogP contribution is -2.16. The molecular formula is C30H25FN2O3S.